The second-order valence-corrected chi connectivity index (χ2v) is 7.83. The minimum Gasteiger partial charge on any atom is -0.582 e. The highest BCUT2D eigenvalue weighted by Gasteiger charge is 2.44. The summed E-state index contributed by atoms with van der Waals surface area (Å²) in [6, 6.07) is 6.50. The van der Waals surface area contributed by atoms with Crippen LogP contribution in [0.2, 0.25) is 0 Å². The Labute approximate surface area is 183 Å². The van der Waals surface area contributed by atoms with E-state index in [4.69, 9.17) is 4.42 Å². The van der Waals surface area contributed by atoms with Crippen LogP contribution in [0, 0.1) is 5.21 Å². The standard InChI is InChI=1S/C21H22N6O5/c28-19-14-4-1-6-22-16(14)20(29)17-18(19)26(27(31)23-17)8-3-7-24-9-11-25(12-10-24)21(30)15-5-2-13-32-15/h1-2,4-6,13,23,27H,3,7-12H2. The number of fused-ring (bicyclic) bond motifs is 1. The number of pyridine rings is 1. The van der Waals surface area contributed by atoms with E-state index in [9.17, 15) is 19.6 Å². The molecule has 1 unspecified atom stereocenters. The molecule has 0 bridgehead atoms. The number of quaternary nitrogens is 1. The third-order valence-corrected chi connectivity index (χ3v) is 5.94. The maximum Gasteiger partial charge on any atom is 0.289 e. The van der Waals surface area contributed by atoms with Crippen molar-refractivity contribution in [2.45, 2.75) is 6.42 Å². The Morgan fingerprint density at radius 2 is 1.94 bits per heavy atom. The van der Waals surface area contributed by atoms with Crippen LogP contribution < -0.4 is 10.7 Å². The van der Waals surface area contributed by atoms with Gasteiger partial charge in [-0.1, -0.05) is 0 Å². The summed E-state index contributed by atoms with van der Waals surface area (Å²) in [6.45, 7) is 3.62. The first kappa shape index (κ1) is 20.4. The molecule has 0 spiro atoms. The van der Waals surface area contributed by atoms with Crippen LogP contribution in [0.5, 0.6) is 0 Å². The minimum atomic E-state index is -0.474. The van der Waals surface area contributed by atoms with E-state index >= 15 is 0 Å². The summed E-state index contributed by atoms with van der Waals surface area (Å²) in [4.78, 5) is 45.9. The fourth-order valence-corrected chi connectivity index (χ4v) is 4.28. The Hall–Kier alpha value is -3.54. The molecule has 2 aliphatic heterocycles. The normalized spacial score (nSPS) is 21.0. The van der Waals surface area contributed by atoms with Crippen LogP contribution >= 0.6 is 0 Å². The Bertz CT molecular complexity index is 1090. The molecule has 166 valence electrons. The molecule has 0 aromatic carbocycles. The number of amides is 1. The van der Waals surface area contributed by atoms with Crippen LogP contribution in [0.4, 0.5) is 0 Å². The number of carbonyl (C=O) groups is 3. The summed E-state index contributed by atoms with van der Waals surface area (Å²) in [6.07, 6.45) is 3.56. The number of hydrogen-bond donors (Lipinski definition) is 2. The molecule has 2 aromatic rings. The highest BCUT2D eigenvalue weighted by Crippen LogP contribution is 2.26. The smallest absolute Gasteiger partial charge is 0.289 e. The second-order valence-electron chi connectivity index (χ2n) is 7.83. The van der Waals surface area contributed by atoms with Gasteiger partial charge in [0, 0.05) is 38.9 Å². The van der Waals surface area contributed by atoms with Crippen molar-refractivity contribution in [3.63, 3.8) is 0 Å². The number of rotatable bonds is 5. The largest absolute Gasteiger partial charge is 0.582 e. The Balaban J connectivity index is 1.17. The van der Waals surface area contributed by atoms with Crippen molar-refractivity contribution in [2.75, 3.05) is 39.3 Å². The van der Waals surface area contributed by atoms with Gasteiger partial charge in [-0.3, -0.25) is 24.3 Å². The van der Waals surface area contributed by atoms with Crippen molar-refractivity contribution in [3.05, 3.63) is 70.3 Å². The van der Waals surface area contributed by atoms with Crippen LogP contribution in [0.25, 0.3) is 0 Å². The SMILES string of the molecule is O=C1C2=C(N[NH+]([O-])N2CCCN2CCN(C(=O)c3ccco3)CC2)C(=O)c2ncccc21. The van der Waals surface area contributed by atoms with Gasteiger partial charge >= 0.3 is 0 Å². The summed E-state index contributed by atoms with van der Waals surface area (Å²) >= 11 is 0. The highest BCUT2D eigenvalue weighted by atomic mass is 16.6. The first-order valence-corrected chi connectivity index (χ1v) is 10.5. The van der Waals surface area contributed by atoms with E-state index in [0.717, 1.165) is 0 Å². The molecule has 11 heteroatoms. The number of allylic oxidation sites excluding steroid dienone is 2. The predicted octanol–water partition coefficient (Wildman–Crippen LogP) is -0.769. The Morgan fingerprint density at radius 3 is 2.69 bits per heavy atom. The fraction of sp³-hybridized carbons (Fsp3) is 0.333. The summed E-state index contributed by atoms with van der Waals surface area (Å²) in [5, 5.41) is 13.4. The van der Waals surface area contributed by atoms with Gasteiger partial charge in [-0.25, -0.2) is 5.43 Å². The molecular weight excluding hydrogens is 416 g/mol. The first-order chi connectivity index (χ1) is 15.5. The number of piperazine rings is 1. The summed E-state index contributed by atoms with van der Waals surface area (Å²) in [5.74, 6) is -0.585. The van der Waals surface area contributed by atoms with Crippen molar-refractivity contribution in [2.24, 2.45) is 0 Å². The molecule has 1 amide bonds. The maximum atomic E-state index is 12.9. The molecule has 3 aliphatic rings. The number of Topliss-reactive ketones (excluding diaryl/α,β-unsaturated/α-hetero) is 2. The fourth-order valence-electron chi connectivity index (χ4n) is 4.28. The molecular formula is C21H22N6O5. The lowest BCUT2D eigenvalue weighted by Crippen LogP contribution is -3.17. The third kappa shape index (κ3) is 3.45. The van der Waals surface area contributed by atoms with Crippen molar-refractivity contribution in [3.8, 4) is 0 Å². The van der Waals surface area contributed by atoms with E-state index in [1.54, 1.807) is 29.2 Å². The average Bonchev–Trinajstić information content (AvgIpc) is 3.46. The molecule has 1 atom stereocenters. The van der Waals surface area contributed by atoms with Crippen molar-refractivity contribution < 1.29 is 24.1 Å². The van der Waals surface area contributed by atoms with E-state index in [1.165, 1.54) is 17.5 Å². The van der Waals surface area contributed by atoms with Crippen LogP contribution in [-0.4, -0.2) is 76.5 Å². The molecule has 32 heavy (non-hydrogen) atoms. The highest BCUT2D eigenvalue weighted by molar-refractivity contribution is 6.25. The van der Waals surface area contributed by atoms with Crippen LogP contribution in [0.3, 0.4) is 0 Å². The van der Waals surface area contributed by atoms with Gasteiger partial charge in [-0.2, -0.15) is 10.3 Å². The van der Waals surface area contributed by atoms with E-state index in [2.05, 4.69) is 15.3 Å². The molecule has 5 rings (SSSR count). The van der Waals surface area contributed by atoms with Crippen molar-refractivity contribution in [1.29, 1.82) is 0 Å². The second kappa shape index (κ2) is 8.19. The number of nitrogens with one attached hydrogen (secondary N) is 2. The molecule has 2 aromatic heterocycles. The molecule has 0 radical (unpaired) electrons. The van der Waals surface area contributed by atoms with Crippen LogP contribution in [0.15, 0.2) is 52.5 Å². The molecule has 2 N–H and O–H groups in total. The van der Waals surface area contributed by atoms with Crippen molar-refractivity contribution in [1.82, 2.24) is 25.2 Å². The zero-order valence-electron chi connectivity index (χ0n) is 17.2. The van der Waals surface area contributed by atoms with Crippen LogP contribution in [-0.2, 0) is 0 Å². The number of hydrogen-bond acceptors (Lipinski definition) is 9. The Kier molecular flexibility index (Phi) is 5.21. The molecule has 1 aliphatic carbocycles. The monoisotopic (exact) mass is 438 g/mol. The minimum absolute atomic E-state index is 0.0104. The molecule has 4 heterocycles. The lowest BCUT2D eigenvalue weighted by Gasteiger charge is -2.35. The zero-order chi connectivity index (χ0) is 22.2. The third-order valence-electron chi connectivity index (χ3n) is 5.94. The first-order valence-electron chi connectivity index (χ1n) is 10.5. The van der Waals surface area contributed by atoms with Gasteiger partial charge in [-0.05, 0) is 30.7 Å². The van der Waals surface area contributed by atoms with Gasteiger partial charge in [-0.15, -0.1) is 0 Å². The number of nitrogens with zero attached hydrogens (tertiary/aromatic N) is 4. The molecule has 1 saturated heterocycles. The van der Waals surface area contributed by atoms with Gasteiger partial charge < -0.3 is 14.5 Å². The quantitative estimate of drug-likeness (QED) is 0.579. The molecule has 11 nitrogen and oxygen atoms in total. The predicted molar refractivity (Wildman–Crippen MR) is 110 cm³/mol. The number of aromatic nitrogens is 1. The van der Waals surface area contributed by atoms with Crippen LogP contribution in [0.1, 0.15) is 37.8 Å². The number of furan rings is 1. The average molecular weight is 438 g/mol. The van der Waals surface area contributed by atoms with E-state index in [0.29, 0.717) is 51.4 Å². The topological polar surface area (TPSA) is 126 Å². The maximum absolute atomic E-state index is 12.9. The summed E-state index contributed by atoms with van der Waals surface area (Å²) in [5.41, 5.74) is 2.94. The lowest BCUT2D eigenvalue weighted by atomic mass is 9.94. The molecule has 0 saturated carbocycles. The van der Waals surface area contributed by atoms with Gasteiger partial charge in [0.05, 0.1) is 18.4 Å². The van der Waals surface area contributed by atoms with Crippen molar-refractivity contribution >= 4 is 17.5 Å². The number of carbonyl (C=O) groups excluding carboxylic acids is 3. The summed E-state index contributed by atoms with van der Waals surface area (Å²) < 4.78 is 5.18. The van der Waals surface area contributed by atoms with E-state index in [1.807, 2.05) is 0 Å². The molecule has 1 fully saturated rings. The van der Waals surface area contributed by atoms with Gasteiger partial charge in [0.25, 0.3) is 5.91 Å². The lowest BCUT2D eigenvalue weighted by molar-refractivity contribution is -0.993. The van der Waals surface area contributed by atoms with E-state index < -0.39 is 11.1 Å². The van der Waals surface area contributed by atoms with E-state index in [-0.39, 0.29) is 34.3 Å². The van der Waals surface area contributed by atoms with Gasteiger partial charge in [0.2, 0.25) is 11.6 Å². The van der Waals surface area contributed by atoms with Gasteiger partial charge in [0.15, 0.2) is 17.2 Å². The Morgan fingerprint density at radius 1 is 1.12 bits per heavy atom. The zero-order valence-corrected chi connectivity index (χ0v) is 17.2. The number of ketones is 2. The van der Waals surface area contributed by atoms with Gasteiger partial charge in [0.1, 0.15) is 5.69 Å². The summed E-state index contributed by atoms with van der Waals surface area (Å²) in [7, 11) is 0.